The minimum Gasteiger partial charge on any atom is -0.379 e. The molecular weight excluding hydrogens is 613 g/mol. The summed E-state index contributed by atoms with van der Waals surface area (Å²) < 4.78 is 4.66. The molecule has 0 radical (unpaired) electrons. The van der Waals surface area contributed by atoms with Crippen LogP contribution in [-0.2, 0) is 6.42 Å². The molecule has 2 aliphatic rings. The summed E-state index contributed by atoms with van der Waals surface area (Å²) in [5.74, 6) is 0. The average molecular weight is 645 g/mol. The quantitative estimate of drug-likeness (QED) is 0.203. The average Bonchev–Trinajstić information content (AvgIpc) is 3.71. The number of rotatable bonds is 5. The number of aromatic nitrogens is 4. The molecule has 4 aromatic heterocycles. The number of hydrogen-bond acceptors (Lipinski definition) is 4. The molecule has 0 spiro atoms. The van der Waals surface area contributed by atoms with Crippen molar-refractivity contribution in [3.05, 3.63) is 156 Å². The van der Waals surface area contributed by atoms with Crippen LogP contribution in [0.3, 0.4) is 0 Å². The SMILES string of the molecule is C1=Cc2c(c3ccccc3n2-c2cccc(-c3cccc(-c4cccc(-c5cccc(-n6c7c(c8ccccc86)CCN=C7)c5)n4)n3)c2)NC1. The number of anilines is 1. The van der Waals surface area contributed by atoms with Crippen molar-refractivity contribution in [2.45, 2.75) is 6.42 Å². The van der Waals surface area contributed by atoms with Crippen LogP contribution in [0.2, 0.25) is 0 Å². The molecule has 0 aliphatic carbocycles. The molecule has 0 bridgehead atoms. The van der Waals surface area contributed by atoms with Crippen LogP contribution < -0.4 is 5.32 Å². The third-order valence-electron chi connectivity index (χ3n) is 9.87. The first-order valence-electron chi connectivity index (χ1n) is 17.1. The van der Waals surface area contributed by atoms with Crippen molar-refractivity contribution >= 4 is 39.8 Å². The van der Waals surface area contributed by atoms with Crippen LogP contribution in [0.1, 0.15) is 17.0 Å². The number of nitrogens with zero attached hydrogens (tertiary/aromatic N) is 5. The summed E-state index contributed by atoms with van der Waals surface area (Å²) in [6, 6.07) is 46.9. The summed E-state index contributed by atoms with van der Waals surface area (Å²) in [6.45, 7) is 1.67. The van der Waals surface area contributed by atoms with E-state index in [4.69, 9.17) is 9.97 Å². The summed E-state index contributed by atoms with van der Waals surface area (Å²) in [7, 11) is 0. The highest BCUT2D eigenvalue weighted by molar-refractivity contribution is 6.00. The fraction of sp³-hybridized carbons (Fsp3) is 0.0682. The van der Waals surface area contributed by atoms with Crippen molar-refractivity contribution in [1.82, 2.24) is 19.1 Å². The normalized spacial score (nSPS) is 13.4. The molecule has 0 saturated carbocycles. The predicted octanol–water partition coefficient (Wildman–Crippen LogP) is 9.78. The van der Waals surface area contributed by atoms with E-state index in [2.05, 4.69) is 153 Å². The molecule has 6 heterocycles. The Balaban J connectivity index is 1.01. The van der Waals surface area contributed by atoms with Gasteiger partial charge in [-0.3, -0.25) is 4.99 Å². The van der Waals surface area contributed by atoms with Gasteiger partial charge in [-0.05, 0) is 78.7 Å². The van der Waals surface area contributed by atoms with Crippen molar-refractivity contribution in [3.8, 4) is 45.3 Å². The lowest BCUT2D eigenvalue weighted by molar-refractivity contribution is 0.940. The van der Waals surface area contributed by atoms with Gasteiger partial charge in [-0.15, -0.1) is 0 Å². The molecule has 6 nitrogen and oxygen atoms in total. The zero-order valence-corrected chi connectivity index (χ0v) is 27.3. The monoisotopic (exact) mass is 644 g/mol. The molecule has 6 heteroatoms. The fourth-order valence-electron chi connectivity index (χ4n) is 7.63. The highest BCUT2D eigenvalue weighted by Crippen LogP contribution is 2.37. The van der Waals surface area contributed by atoms with Gasteiger partial charge in [0.25, 0.3) is 0 Å². The molecule has 0 unspecified atom stereocenters. The number of para-hydroxylation sites is 2. The van der Waals surface area contributed by atoms with E-state index >= 15 is 0 Å². The molecule has 0 fully saturated rings. The molecule has 0 atom stereocenters. The van der Waals surface area contributed by atoms with Crippen LogP contribution in [0, 0.1) is 0 Å². The molecule has 0 amide bonds. The highest BCUT2D eigenvalue weighted by Gasteiger charge is 2.20. The maximum absolute atomic E-state index is 5.14. The zero-order valence-electron chi connectivity index (χ0n) is 27.3. The van der Waals surface area contributed by atoms with E-state index in [-0.39, 0.29) is 0 Å². The van der Waals surface area contributed by atoms with E-state index in [0.29, 0.717) is 0 Å². The van der Waals surface area contributed by atoms with E-state index in [1.165, 1.54) is 44.4 Å². The van der Waals surface area contributed by atoms with Crippen LogP contribution in [0.4, 0.5) is 5.69 Å². The Morgan fingerprint density at radius 2 is 1.12 bits per heavy atom. The van der Waals surface area contributed by atoms with Crippen LogP contribution in [0.5, 0.6) is 0 Å². The number of fused-ring (bicyclic) bond motifs is 6. The molecule has 1 N–H and O–H groups in total. The number of benzene rings is 4. The first-order chi connectivity index (χ1) is 24.8. The van der Waals surface area contributed by atoms with Crippen molar-refractivity contribution in [2.75, 3.05) is 18.4 Å². The van der Waals surface area contributed by atoms with E-state index in [1.807, 2.05) is 18.3 Å². The standard InChI is InChI=1S/C44H32N6/c1-3-20-40-33(14-1)34-23-25-45-28-43(34)50(40)32-13-6-11-30(27-32)37-17-8-19-39(48-37)38-18-7-16-36(47-38)29-10-5-12-31(26-29)49-41-21-4-2-15-35(41)44-42(49)22-9-24-46-44/h1-22,26-28,46H,23-25H2. The minimum absolute atomic E-state index is 0.833. The van der Waals surface area contributed by atoms with Gasteiger partial charge in [0.2, 0.25) is 0 Å². The minimum atomic E-state index is 0.833. The van der Waals surface area contributed by atoms with E-state index in [9.17, 15) is 0 Å². The predicted molar refractivity (Wildman–Crippen MR) is 206 cm³/mol. The van der Waals surface area contributed by atoms with E-state index in [0.717, 1.165) is 64.8 Å². The third-order valence-corrected chi connectivity index (χ3v) is 9.87. The molecule has 10 rings (SSSR count). The van der Waals surface area contributed by atoms with Gasteiger partial charge < -0.3 is 14.5 Å². The van der Waals surface area contributed by atoms with Gasteiger partial charge in [0.15, 0.2) is 0 Å². The topological polar surface area (TPSA) is 60.0 Å². The maximum Gasteiger partial charge on any atom is 0.0893 e. The first-order valence-corrected chi connectivity index (χ1v) is 17.1. The Labute approximate surface area is 289 Å². The lowest BCUT2D eigenvalue weighted by Gasteiger charge is -2.14. The summed E-state index contributed by atoms with van der Waals surface area (Å²) in [5, 5.41) is 6.10. The zero-order chi connectivity index (χ0) is 33.0. The molecule has 50 heavy (non-hydrogen) atoms. The number of pyridine rings is 2. The summed E-state index contributed by atoms with van der Waals surface area (Å²) in [5.41, 5.74) is 15.1. The molecule has 0 saturated heterocycles. The Hall–Kier alpha value is -6.53. The largest absolute Gasteiger partial charge is 0.379 e. The van der Waals surface area contributed by atoms with Gasteiger partial charge >= 0.3 is 0 Å². The van der Waals surface area contributed by atoms with Gasteiger partial charge in [-0.1, -0.05) is 78.9 Å². The van der Waals surface area contributed by atoms with Crippen LogP contribution >= 0.6 is 0 Å². The summed E-state index contributed by atoms with van der Waals surface area (Å²) in [6.07, 6.45) is 7.38. The summed E-state index contributed by atoms with van der Waals surface area (Å²) >= 11 is 0. The highest BCUT2D eigenvalue weighted by atomic mass is 15.0. The number of nitrogens with one attached hydrogen (secondary N) is 1. The van der Waals surface area contributed by atoms with Gasteiger partial charge in [-0.2, -0.15) is 0 Å². The van der Waals surface area contributed by atoms with Gasteiger partial charge in [0.1, 0.15) is 0 Å². The number of hydrogen-bond donors (Lipinski definition) is 1. The van der Waals surface area contributed by atoms with Gasteiger partial charge in [-0.25, -0.2) is 9.97 Å². The van der Waals surface area contributed by atoms with Crippen molar-refractivity contribution in [2.24, 2.45) is 4.99 Å². The van der Waals surface area contributed by atoms with E-state index in [1.54, 1.807) is 0 Å². The lowest BCUT2D eigenvalue weighted by Crippen LogP contribution is -2.06. The number of aliphatic imine (C=N–C) groups is 1. The van der Waals surface area contributed by atoms with Crippen molar-refractivity contribution in [3.63, 3.8) is 0 Å². The fourth-order valence-corrected chi connectivity index (χ4v) is 7.63. The Bertz CT molecular complexity index is 2490. The smallest absolute Gasteiger partial charge is 0.0893 e. The van der Waals surface area contributed by atoms with Gasteiger partial charge in [0, 0.05) is 52.6 Å². The Morgan fingerprint density at radius 1 is 0.540 bits per heavy atom. The van der Waals surface area contributed by atoms with E-state index < -0.39 is 0 Å². The third kappa shape index (κ3) is 4.60. The van der Waals surface area contributed by atoms with Gasteiger partial charge in [0.05, 0.1) is 50.9 Å². The van der Waals surface area contributed by atoms with Crippen molar-refractivity contribution in [1.29, 1.82) is 0 Å². The first kappa shape index (κ1) is 28.5. The Kier molecular flexibility index (Phi) is 6.59. The van der Waals surface area contributed by atoms with Crippen LogP contribution in [-0.4, -0.2) is 38.4 Å². The summed E-state index contributed by atoms with van der Waals surface area (Å²) in [4.78, 5) is 14.9. The second-order valence-electron chi connectivity index (χ2n) is 12.8. The Morgan fingerprint density at radius 3 is 1.82 bits per heavy atom. The lowest BCUT2D eigenvalue weighted by atomic mass is 10.1. The second kappa shape index (κ2) is 11.6. The van der Waals surface area contributed by atoms with Crippen LogP contribution in [0.25, 0.3) is 73.2 Å². The molecule has 238 valence electrons. The molecular formula is C44H32N6. The van der Waals surface area contributed by atoms with Crippen LogP contribution in [0.15, 0.2) is 145 Å². The molecule has 2 aliphatic heterocycles. The van der Waals surface area contributed by atoms with Crippen molar-refractivity contribution < 1.29 is 0 Å². The molecule has 8 aromatic rings. The maximum atomic E-state index is 5.14. The molecule has 4 aromatic carbocycles. The second-order valence-corrected chi connectivity index (χ2v) is 12.8.